The maximum atomic E-state index is 4.38. The molecular weight excluding hydrogens is 1270 g/mol. The Morgan fingerprint density at radius 2 is 0.660 bits per heavy atom. The summed E-state index contributed by atoms with van der Waals surface area (Å²) in [6.07, 6.45) is 17.6. The Morgan fingerprint density at radius 3 is 1.04 bits per heavy atom. The minimum absolute atomic E-state index is 0.0278. The molecule has 0 bridgehead atoms. The van der Waals surface area contributed by atoms with Crippen molar-refractivity contribution < 1.29 is 0 Å². The molecule has 0 atom stereocenters. The maximum absolute atomic E-state index is 4.38. The standard InChI is InChI=1S/C21H37N5.C17H33N5.C17H29N3.C17H33N3.C13H26N2/c1-19(2,3)9-10-21(7,8)17-26-16-18(22-23-26)15-24-11-13-25(14-12-24)20(4,5)6;1-16(2,3)13-15-14-22(19-18-15)12-9-20-7-10-21(11-8-20)17(4,5)6;1-15(2,3)9-10-17(7,8)13-20-12-14(18-19-20)11-16(4,5)6;1-16(2,3)11-8-7-9-13-20-14-15(18-19-20)10-12-17(4,5)6;1-11(2,3)14-7-13(8-14)9-15(10-13)12(4,5)6/h16H,11-15,17H2,1-8H3;14H,7-13H2,1-6H3;12H,11,13H2,1-8H3;14H,7-13H2,1-6H3;7-10H2,1-6H3. The molecule has 4 aliphatic rings. The van der Waals surface area contributed by atoms with E-state index < -0.39 is 0 Å². The molecule has 4 aromatic heterocycles. The minimum atomic E-state index is -0.114. The highest BCUT2D eigenvalue weighted by Crippen LogP contribution is 2.45. The SMILES string of the molecule is CC(C)(C)C#CC(C)(C)Cn1cc(CC(C)(C)C)nn1.CC(C)(C)C#CC(C)(C)Cn1cc(CN2CCN(C(C)(C)C)CC2)nn1.CC(C)(C)CCCCCn1cc(CCC(C)(C)C)nn1.CC(C)(C)Cc1cn(CCN2CCN(C(C)(C)C)CC2)nn1.CC(C)(C)N1CC2(C1)CN(C(C)(C)C)C2. The highest BCUT2D eigenvalue weighted by Gasteiger charge is 2.55. The average molecular weight is 1430 g/mol. The molecule has 8 rings (SSSR count). The number of hydrogen-bond donors (Lipinski definition) is 0. The summed E-state index contributed by atoms with van der Waals surface area (Å²) < 4.78 is 7.86. The van der Waals surface area contributed by atoms with Gasteiger partial charge in [0.1, 0.15) is 0 Å². The molecule has 1 spiro atoms. The lowest BCUT2D eigenvalue weighted by Gasteiger charge is -2.66. The monoisotopic (exact) mass is 1430 g/mol. The van der Waals surface area contributed by atoms with E-state index in [2.05, 4.69) is 348 Å². The predicted octanol–water partition coefficient (Wildman–Crippen LogP) is 16.6. The van der Waals surface area contributed by atoms with Gasteiger partial charge in [0.25, 0.3) is 0 Å². The van der Waals surface area contributed by atoms with E-state index in [0.717, 1.165) is 140 Å². The van der Waals surface area contributed by atoms with Crippen LogP contribution >= 0.6 is 0 Å². The van der Waals surface area contributed by atoms with E-state index in [-0.39, 0.29) is 38.0 Å². The summed E-state index contributed by atoms with van der Waals surface area (Å²) in [5.41, 5.74) is 7.48. The van der Waals surface area contributed by atoms with Gasteiger partial charge >= 0.3 is 0 Å². The minimum Gasteiger partial charge on any atom is -0.299 e. The number of unbranched alkanes of at least 4 members (excludes halogenated alkanes) is 2. The van der Waals surface area contributed by atoms with Crippen LogP contribution < -0.4 is 0 Å². The van der Waals surface area contributed by atoms with Crippen molar-refractivity contribution in [3.8, 4) is 23.7 Å². The third-order valence-corrected chi connectivity index (χ3v) is 19.1. The van der Waals surface area contributed by atoms with E-state index in [0.29, 0.717) is 32.9 Å². The van der Waals surface area contributed by atoms with E-state index >= 15 is 0 Å². The van der Waals surface area contributed by atoms with Crippen molar-refractivity contribution in [3.05, 3.63) is 47.6 Å². The Balaban J connectivity index is 0.000000275. The van der Waals surface area contributed by atoms with Crippen molar-refractivity contribution in [1.29, 1.82) is 0 Å². The summed E-state index contributed by atoms with van der Waals surface area (Å²) >= 11 is 0. The van der Waals surface area contributed by atoms with E-state index in [1.807, 2.05) is 24.9 Å². The fraction of sp³-hybridized carbons (Fsp3) is 0.859. The van der Waals surface area contributed by atoms with Gasteiger partial charge in [-0.2, -0.15) is 0 Å². The zero-order valence-corrected chi connectivity index (χ0v) is 73.2. The molecule has 0 saturated carbocycles. The Kier molecular flexibility index (Phi) is 32.2. The quantitative estimate of drug-likeness (QED) is 0.0689. The van der Waals surface area contributed by atoms with Crippen LogP contribution in [0.2, 0.25) is 0 Å². The highest BCUT2D eigenvalue weighted by atomic mass is 15.4. The zero-order valence-electron chi connectivity index (χ0n) is 73.2. The molecule has 0 unspecified atom stereocenters. The lowest BCUT2D eigenvalue weighted by atomic mass is 9.69. The first-order valence-electron chi connectivity index (χ1n) is 39.7. The second-order valence-electron chi connectivity index (χ2n) is 43.4. The van der Waals surface area contributed by atoms with Gasteiger partial charge in [0.05, 0.1) is 42.4 Å². The van der Waals surface area contributed by atoms with Crippen molar-refractivity contribution in [1.82, 2.24) is 89.4 Å². The van der Waals surface area contributed by atoms with Crippen LogP contribution in [0, 0.1) is 72.4 Å². The van der Waals surface area contributed by atoms with Crippen LogP contribution in [0.25, 0.3) is 0 Å². The predicted molar refractivity (Wildman–Crippen MR) is 434 cm³/mol. The molecule has 588 valence electrons. The normalized spacial score (nSPS) is 17.6. The largest absolute Gasteiger partial charge is 0.299 e. The second-order valence-corrected chi connectivity index (χ2v) is 43.4. The molecule has 18 heteroatoms. The summed E-state index contributed by atoms with van der Waals surface area (Å²) in [4.78, 5) is 15.3. The Labute approximate surface area is 632 Å². The first-order valence-corrected chi connectivity index (χ1v) is 39.7. The third kappa shape index (κ3) is 37.7. The van der Waals surface area contributed by atoms with Crippen molar-refractivity contribution in [2.45, 2.75) is 342 Å². The molecular formula is C85H158N18. The molecule has 18 nitrogen and oxygen atoms in total. The smallest absolute Gasteiger partial charge is 0.0967 e. The number of likely N-dealkylation sites (tertiary alicyclic amines) is 2. The summed E-state index contributed by atoms with van der Waals surface area (Å²) in [6.45, 7) is 95.9. The van der Waals surface area contributed by atoms with Gasteiger partial charge < -0.3 is 0 Å². The van der Waals surface area contributed by atoms with Gasteiger partial charge in [0.15, 0.2) is 0 Å². The van der Waals surface area contributed by atoms with Gasteiger partial charge in [0.2, 0.25) is 0 Å². The van der Waals surface area contributed by atoms with Crippen LogP contribution in [0.1, 0.15) is 290 Å². The molecule has 0 amide bonds. The summed E-state index contributed by atoms with van der Waals surface area (Å²) in [7, 11) is 0. The lowest BCUT2D eigenvalue weighted by molar-refractivity contribution is -0.167. The Bertz CT molecular complexity index is 3180. The number of nitrogens with zero attached hydrogens (tertiary/aromatic N) is 18. The summed E-state index contributed by atoms with van der Waals surface area (Å²) in [5, 5.41) is 34.3. The molecule has 0 aromatic carbocycles. The van der Waals surface area contributed by atoms with Crippen LogP contribution in [0.5, 0.6) is 0 Å². The maximum Gasteiger partial charge on any atom is 0.0967 e. The molecule has 0 N–H and O–H groups in total. The van der Waals surface area contributed by atoms with Crippen LogP contribution in [-0.4, -0.2) is 197 Å². The van der Waals surface area contributed by atoms with Gasteiger partial charge in [-0.25, -0.2) is 0 Å². The van der Waals surface area contributed by atoms with Gasteiger partial charge in [0, 0.05) is 172 Å². The summed E-state index contributed by atoms with van der Waals surface area (Å²) in [6, 6.07) is 0. The number of aromatic nitrogens is 12. The van der Waals surface area contributed by atoms with Gasteiger partial charge in [-0.05, 0) is 213 Å². The Morgan fingerprint density at radius 1 is 0.320 bits per heavy atom. The molecule has 0 radical (unpaired) electrons. The highest BCUT2D eigenvalue weighted by molar-refractivity contribution is 5.16. The van der Waals surface area contributed by atoms with Gasteiger partial charge in [-0.3, -0.25) is 48.1 Å². The van der Waals surface area contributed by atoms with Crippen molar-refractivity contribution in [3.63, 3.8) is 0 Å². The van der Waals surface area contributed by atoms with Crippen LogP contribution in [0.15, 0.2) is 24.8 Å². The number of hydrogen-bond acceptors (Lipinski definition) is 14. The van der Waals surface area contributed by atoms with Gasteiger partial charge in [-0.15, -0.1) is 20.4 Å². The molecule has 4 fully saturated rings. The lowest BCUT2D eigenvalue weighted by Crippen LogP contribution is -2.76. The second kappa shape index (κ2) is 36.6. The van der Waals surface area contributed by atoms with Crippen LogP contribution in [-0.2, 0) is 52.0 Å². The number of rotatable bonds is 18. The molecule has 0 aliphatic carbocycles. The van der Waals surface area contributed by atoms with Crippen molar-refractivity contribution in [2.24, 2.45) is 48.7 Å². The first kappa shape index (κ1) is 90.8. The van der Waals surface area contributed by atoms with Crippen molar-refractivity contribution in [2.75, 3.05) is 85.1 Å². The van der Waals surface area contributed by atoms with E-state index in [9.17, 15) is 0 Å². The Hall–Kier alpha value is -4.56. The third-order valence-electron chi connectivity index (χ3n) is 19.1. The van der Waals surface area contributed by atoms with Gasteiger partial charge in [-0.1, -0.05) is 140 Å². The fourth-order valence-corrected chi connectivity index (χ4v) is 12.7. The number of piperazine rings is 2. The molecule has 103 heavy (non-hydrogen) atoms. The first-order chi connectivity index (χ1) is 46.6. The van der Waals surface area contributed by atoms with E-state index in [4.69, 9.17) is 0 Å². The molecule has 4 aromatic rings. The van der Waals surface area contributed by atoms with Crippen molar-refractivity contribution >= 4 is 0 Å². The number of aryl methyl sites for hydroxylation is 2. The fourth-order valence-electron chi connectivity index (χ4n) is 12.7. The molecule has 4 aliphatic heterocycles. The topological polar surface area (TPSA) is 142 Å². The van der Waals surface area contributed by atoms with Crippen LogP contribution in [0.3, 0.4) is 0 Å². The zero-order chi connectivity index (χ0) is 78.3. The summed E-state index contributed by atoms with van der Waals surface area (Å²) in [5.74, 6) is 13.4. The molecule has 8 heterocycles. The molecule has 4 saturated heterocycles. The van der Waals surface area contributed by atoms with E-state index in [1.54, 1.807) is 0 Å². The van der Waals surface area contributed by atoms with Crippen LogP contribution in [0.4, 0.5) is 0 Å². The van der Waals surface area contributed by atoms with E-state index in [1.165, 1.54) is 51.9 Å². The average Bonchev–Trinajstić information content (AvgIpc) is 1.01.